The zero-order chi connectivity index (χ0) is 12.3. The van der Waals surface area contributed by atoms with Gasteiger partial charge in [0, 0.05) is 16.9 Å². The van der Waals surface area contributed by atoms with Gasteiger partial charge in [0.05, 0.1) is 0 Å². The Balaban J connectivity index is 0.00000162. The minimum atomic E-state index is 0. The second kappa shape index (κ2) is 5.93. The van der Waals surface area contributed by atoms with Crippen molar-refractivity contribution in [2.75, 3.05) is 5.32 Å². The molecule has 4 nitrogen and oxygen atoms in total. The van der Waals surface area contributed by atoms with Gasteiger partial charge in [-0.1, -0.05) is 0 Å². The van der Waals surface area contributed by atoms with Crippen LogP contribution in [0.3, 0.4) is 0 Å². The van der Waals surface area contributed by atoms with E-state index in [0.29, 0.717) is 5.56 Å². The molecule has 0 spiro atoms. The lowest BCUT2D eigenvalue weighted by Crippen LogP contribution is -2.10. The topological polar surface area (TPSA) is 82.1 Å². The largest absolute Gasteiger partial charge is 0.508 e. The van der Waals surface area contributed by atoms with Crippen molar-refractivity contribution in [2.24, 2.45) is 5.73 Å². The van der Waals surface area contributed by atoms with Crippen molar-refractivity contribution in [1.82, 2.24) is 0 Å². The fraction of sp³-hybridized carbons (Fsp3) is 0. The van der Waals surface area contributed by atoms with E-state index >= 15 is 0 Å². The van der Waals surface area contributed by atoms with Gasteiger partial charge >= 0.3 is 0 Å². The maximum absolute atomic E-state index is 9.15. The number of nitrogens with two attached hydrogens (primary N) is 1. The van der Waals surface area contributed by atoms with Crippen molar-refractivity contribution in [2.45, 2.75) is 0 Å². The van der Waals surface area contributed by atoms with E-state index in [2.05, 4.69) is 5.32 Å². The van der Waals surface area contributed by atoms with Gasteiger partial charge in [0.2, 0.25) is 0 Å². The molecule has 2 rings (SSSR count). The molecule has 2 aromatic carbocycles. The lowest BCUT2D eigenvalue weighted by atomic mass is 10.2. The first-order chi connectivity index (χ1) is 8.15. The summed E-state index contributed by atoms with van der Waals surface area (Å²) in [6, 6.07) is 14.1. The second-order valence-corrected chi connectivity index (χ2v) is 3.66. The summed E-state index contributed by atoms with van der Waals surface area (Å²) >= 11 is 0. The van der Waals surface area contributed by atoms with Gasteiger partial charge in [0.15, 0.2) is 0 Å². The number of rotatable bonds is 3. The molecule has 0 bridgehead atoms. The van der Waals surface area contributed by atoms with Crippen molar-refractivity contribution < 1.29 is 5.11 Å². The van der Waals surface area contributed by atoms with Crippen molar-refractivity contribution >= 4 is 29.6 Å². The molecule has 5 heteroatoms. The normalized spacial score (nSPS) is 9.33. The average molecular weight is 264 g/mol. The van der Waals surface area contributed by atoms with Crippen LogP contribution in [0.1, 0.15) is 5.56 Å². The standard InChI is InChI=1S/C13H13N3O.ClH/c14-13(15)9-1-3-10(4-2-9)16-11-5-7-12(17)8-6-11;/h1-8,16-17H,(H3,14,15);1H. The predicted molar refractivity (Wildman–Crippen MR) is 76.1 cm³/mol. The van der Waals surface area contributed by atoms with Crippen LogP contribution in [0.2, 0.25) is 0 Å². The third kappa shape index (κ3) is 3.40. The number of phenols is 1. The van der Waals surface area contributed by atoms with E-state index in [0.717, 1.165) is 11.4 Å². The fourth-order valence-electron chi connectivity index (χ4n) is 1.44. The van der Waals surface area contributed by atoms with Gasteiger partial charge in [0.1, 0.15) is 11.6 Å². The predicted octanol–water partition coefficient (Wildman–Crippen LogP) is 2.84. The third-order valence-corrected chi connectivity index (χ3v) is 2.35. The molecule has 0 unspecified atom stereocenters. The van der Waals surface area contributed by atoms with Crippen LogP contribution in [0.15, 0.2) is 48.5 Å². The summed E-state index contributed by atoms with van der Waals surface area (Å²) in [7, 11) is 0. The number of benzene rings is 2. The number of hydrogen-bond acceptors (Lipinski definition) is 3. The van der Waals surface area contributed by atoms with Crippen LogP contribution in [0.5, 0.6) is 5.75 Å². The Hall–Kier alpha value is -2.20. The quantitative estimate of drug-likeness (QED) is 0.390. The highest BCUT2D eigenvalue weighted by Gasteiger charge is 1.97. The van der Waals surface area contributed by atoms with E-state index in [4.69, 9.17) is 16.2 Å². The Morgan fingerprint density at radius 3 is 1.83 bits per heavy atom. The number of anilines is 2. The van der Waals surface area contributed by atoms with Crippen molar-refractivity contribution in [1.29, 1.82) is 5.41 Å². The van der Waals surface area contributed by atoms with E-state index < -0.39 is 0 Å². The van der Waals surface area contributed by atoms with Crippen LogP contribution in [0.4, 0.5) is 11.4 Å². The van der Waals surface area contributed by atoms with E-state index in [9.17, 15) is 0 Å². The number of hydrogen-bond donors (Lipinski definition) is 4. The van der Waals surface area contributed by atoms with Gasteiger partial charge in [-0.15, -0.1) is 12.4 Å². The highest BCUT2D eigenvalue weighted by Crippen LogP contribution is 2.19. The number of nitrogens with one attached hydrogen (secondary N) is 2. The molecule has 18 heavy (non-hydrogen) atoms. The minimum absolute atomic E-state index is 0. The zero-order valence-corrected chi connectivity index (χ0v) is 10.4. The second-order valence-electron chi connectivity index (χ2n) is 3.66. The summed E-state index contributed by atoms with van der Waals surface area (Å²) in [6.45, 7) is 0. The van der Waals surface area contributed by atoms with Gasteiger partial charge in [-0.25, -0.2) is 0 Å². The molecular weight excluding hydrogens is 250 g/mol. The van der Waals surface area contributed by atoms with Crippen molar-refractivity contribution in [3.63, 3.8) is 0 Å². The summed E-state index contributed by atoms with van der Waals surface area (Å²) in [5.74, 6) is 0.295. The van der Waals surface area contributed by atoms with Gasteiger partial charge in [-0.2, -0.15) is 0 Å². The van der Waals surface area contributed by atoms with Crippen LogP contribution >= 0.6 is 12.4 Å². The molecule has 0 radical (unpaired) electrons. The summed E-state index contributed by atoms with van der Waals surface area (Å²) in [4.78, 5) is 0. The molecule has 0 atom stereocenters. The SMILES string of the molecule is Cl.N=C(N)c1ccc(Nc2ccc(O)cc2)cc1. The number of amidine groups is 1. The molecule has 0 aliphatic rings. The monoisotopic (exact) mass is 263 g/mol. The van der Waals surface area contributed by atoms with Gasteiger partial charge < -0.3 is 16.2 Å². The number of phenolic OH excluding ortho intramolecular Hbond substituents is 1. The van der Waals surface area contributed by atoms with Crippen LogP contribution in [0, 0.1) is 5.41 Å². The lowest BCUT2D eigenvalue weighted by Gasteiger charge is -2.07. The van der Waals surface area contributed by atoms with Crippen molar-refractivity contribution in [3.05, 3.63) is 54.1 Å². The Labute approximate surface area is 111 Å². The Bertz CT molecular complexity index is 523. The maximum Gasteiger partial charge on any atom is 0.122 e. The third-order valence-electron chi connectivity index (χ3n) is 2.35. The molecule has 0 aliphatic carbocycles. The van der Waals surface area contributed by atoms with E-state index in [1.54, 1.807) is 36.4 Å². The average Bonchev–Trinajstić information content (AvgIpc) is 2.33. The van der Waals surface area contributed by atoms with Gasteiger partial charge in [0.25, 0.3) is 0 Å². The molecule has 94 valence electrons. The zero-order valence-electron chi connectivity index (χ0n) is 9.55. The molecular formula is C13H14ClN3O. The number of nitrogen functional groups attached to an aromatic ring is 1. The number of aromatic hydroxyl groups is 1. The highest BCUT2D eigenvalue weighted by atomic mass is 35.5. The molecule has 0 aromatic heterocycles. The first-order valence-corrected chi connectivity index (χ1v) is 5.16. The van der Waals surface area contributed by atoms with Crippen molar-refractivity contribution in [3.8, 4) is 5.75 Å². The molecule has 2 aromatic rings. The van der Waals surface area contributed by atoms with Gasteiger partial charge in [-0.3, -0.25) is 5.41 Å². The molecule has 5 N–H and O–H groups in total. The van der Waals surface area contributed by atoms with Gasteiger partial charge in [-0.05, 0) is 48.5 Å². The molecule has 0 fully saturated rings. The number of halogens is 1. The molecule has 0 aliphatic heterocycles. The molecule has 0 saturated heterocycles. The molecule has 0 saturated carbocycles. The Morgan fingerprint density at radius 1 is 0.944 bits per heavy atom. The maximum atomic E-state index is 9.15. The minimum Gasteiger partial charge on any atom is -0.508 e. The Kier molecular flexibility index (Phi) is 4.57. The summed E-state index contributed by atoms with van der Waals surface area (Å²) in [5, 5.41) is 19.6. The van der Waals surface area contributed by atoms with E-state index in [1.165, 1.54) is 0 Å². The summed E-state index contributed by atoms with van der Waals surface area (Å²) < 4.78 is 0. The smallest absolute Gasteiger partial charge is 0.122 e. The van der Waals surface area contributed by atoms with Crippen LogP contribution in [0.25, 0.3) is 0 Å². The molecule has 0 heterocycles. The summed E-state index contributed by atoms with van der Waals surface area (Å²) in [6.07, 6.45) is 0. The van der Waals surface area contributed by atoms with Crippen LogP contribution in [-0.4, -0.2) is 10.9 Å². The molecule has 0 amide bonds. The lowest BCUT2D eigenvalue weighted by molar-refractivity contribution is 0.475. The fourth-order valence-corrected chi connectivity index (χ4v) is 1.44. The first-order valence-electron chi connectivity index (χ1n) is 5.16. The van der Waals surface area contributed by atoms with E-state index in [1.807, 2.05) is 12.1 Å². The first kappa shape index (κ1) is 13.9. The Morgan fingerprint density at radius 2 is 1.39 bits per heavy atom. The van der Waals surface area contributed by atoms with E-state index in [-0.39, 0.29) is 24.0 Å². The highest BCUT2D eigenvalue weighted by molar-refractivity contribution is 5.95. The van der Waals surface area contributed by atoms with Crippen LogP contribution in [-0.2, 0) is 0 Å². The summed E-state index contributed by atoms with van der Waals surface area (Å²) in [5.41, 5.74) is 7.85. The van der Waals surface area contributed by atoms with Crippen LogP contribution < -0.4 is 11.1 Å².